The van der Waals surface area contributed by atoms with E-state index >= 15 is 0 Å². The summed E-state index contributed by atoms with van der Waals surface area (Å²) in [6.45, 7) is 0.333. The highest BCUT2D eigenvalue weighted by Crippen LogP contribution is 2.23. The van der Waals surface area contributed by atoms with Gasteiger partial charge in [-0.25, -0.2) is 9.97 Å². The third-order valence-electron chi connectivity index (χ3n) is 3.64. The summed E-state index contributed by atoms with van der Waals surface area (Å²) in [5, 5.41) is 6.38. The molecule has 0 radical (unpaired) electrons. The largest absolute Gasteiger partial charge is 0.496 e. The molecule has 0 unspecified atom stereocenters. The van der Waals surface area contributed by atoms with Gasteiger partial charge in [-0.05, 0) is 24.3 Å². The Hall–Kier alpha value is -3.12. The molecule has 0 fully saturated rings. The highest BCUT2D eigenvalue weighted by Gasteiger charge is 2.11. The van der Waals surface area contributed by atoms with Crippen LogP contribution in [0.15, 0.2) is 60.8 Å². The van der Waals surface area contributed by atoms with Crippen molar-refractivity contribution in [3.05, 3.63) is 77.1 Å². The third kappa shape index (κ3) is 4.29. The number of amides is 1. The number of ether oxygens (including phenoxy) is 1. The Morgan fingerprint density at radius 3 is 2.69 bits per heavy atom. The number of carbonyl (C=O) groups is 1. The maximum Gasteiger partial charge on any atom is 0.270 e. The van der Waals surface area contributed by atoms with E-state index in [1.54, 1.807) is 25.3 Å². The SMILES string of the molecule is COc1ccccc1CNC(=O)c1ccnc(Nc2ccccc2Cl)n1. The second-order valence-electron chi connectivity index (χ2n) is 5.36. The molecule has 0 aliphatic heterocycles. The van der Waals surface area contributed by atoms with Crippen molar-refractivity contribution in [1.29, 1.82) is 0 Å². The molecule has 0 saturated heterocycles. The molecule has 1 aromatic heterocycles. The summed E-state index contributed by atoms with van der Waals surface area (Å²) in [5.74, 6) is 0.708. The van der Waals surface area contributed by atoms with Crippen molar-refractivity contribution in [1.82, 2.24) is 15.3 Å². The fraction of sp³-hybridized carbons (Fsp3) is 0.105. The summed E-state index contributed by atoms with van der Waals surface area (Å²) in [5.41, 5.74) is 1.80. The minimum Gasteiger partial charge on any atom is -0.496 e. The first kappa shape index (κ1) is 17.7. The van der Waals surface area contributed by atoms with E-state index in [4.69, 9.17) is 16.3 Å². The summed E-state index contributed by atoms with van der Waals surface area (Å²) in [6, 6.07) is 16.3. The summed E-state index contributed by atoms with van der Waals surface area (Å²) in [4.78, 5) is 20.8. The van der Waals surface area contributed by atoms with Gasteiger partial charge in [-0.3, -0.25) is 4.79 Å². The lowest BCUT2D eigenvalue weighted by molar-refractivity contribution is 0.0945. The monoisotopic (exact) mass is 368 g/mol. The number of aromatic nitrogens is 2. The Kier molecular flexibility index (Phi) is 5.66. The Morgan fingerprint density at radius 1 is 1.12 bits per heavy atom. The van der Waals surface area contributed by atoms with Gasteiger partial charge in [0.15, 0.2) is 0 Å². The van der Waals surface area contributed by atoms with Crippen LogP contribution in [0, 0.1) is 0 Å². The lowest BCUT2D eigenvalue weighted by Gasteiger charge is -2.10. The third-order valence-corrected chi connectivity index (χ3v) is 3.97. The van der Waals surface area contributed by atoms with Crippen molar-refractivity contribution in [2.75, 3.05) is 12.4 Å². The summed E-state index contributed by atoms with van der Waals surface area (Å²) >= 11 is 6.11. The minimum atomic E-state index is -0.305. The number of anilines is 2. The number of carbonyl (C=O) groups excluding carboxylic acids is 1. The fourth-order valence-corrected chi connectivity index (χ4v) is 2.53. The van der Waals surface area contributed by atoms with E-state index in [2.05, 4.69) is 20.6 Å². The van der Waals surface area contributed by atoms with E-state index < -0.39 is 0 Å². The molecule has 0 saturated carbocycles. The van der Waals surface area contributed by atoms with Crippen molar-refractivity contribution < 1.29 is 9.53 Å². The summed E-state index contributed by atoms with van der Waals surface area (Å²) in [7, 11) is 1.59. The standard InChI is InChI=1S/C19H17ClN4O2/c1-26-17-9-5-2-6-13(17)12-22-18(25)16-10-11-21-19(24-16)23-15-8-4-3-7-14(15)20/h2-11H,12H2,1H3,(H,22,25)(H,21,23,24). The zero-order valence-corrected chi connectivity index (χ0v) is 14.8. The quantitative estimate of drug-likeness (QED) is 0.691. The Balaban J connectivity index is 1.69. The molecule has 0 spiro atoms. The minimum absolute atomic E-state index is 0.254. The Bertz CT molecular complexity index is 917. The van der Waals surface area contributed by atoms with Crippen LogP contribution in [0.4, 0.5) is 11.6 Å². The molecule has 2 aromatic carbocycles. The predicted molar refractivity (Wildman–Crippen MR) is 101 cm³/mol. The molecule has 26 heavy (non-hydrogen) atoms. The molecule has 0 atom stereocenters. The lowest BCUT2D eigenvalue weighted by Crippen LogP contribution is -2.24. The summed E-state index contributed by atoms with van der Waals surface area (Å²) < 4.78 is 5.28. The van der Waals surface area contributed by atoms with E-state index in [1.165, 1.54) is 6.20 Å². The molecule has 0 aliphatic carbocycles. The number of hydrogen-bond acceptors (Lipinski definition) is 5. The molecule has 1 amide bonds. The van der Waals surface area contributed by atoms with Crippen LogP contribution in [0.5, 0.6) is 5.75 Å². The average Bonchev–Trinajstić information content (AvgIpc) is 2.68. The number of benzene rings is 2. The van der Waals surface area contributed by atoms with E-state index in [0.29, 0.717) is 23.2 Å². The van der Waals surface area contributed by atoms with Crippen molar-refractivity contribution in [2.24, 2.45) is 0 Å². The first-order chi connectivity index (χ1) is 12.7. The molecule has 0 bridgehead atoms. The smallest absolute Gasteiger partial charge is 0.270 e. The van der Waals surface area contributed by atoms with Crippen molar-refractivity contribution in [3.63, 3.8) is 0 Å². The van der Waals surface area contributed by atoms with Crippen molar-refractivity contribution in [3.8, 4) is 5.75 Å². The number of nitrogens with zero attached hydrogens (tertiary/aromatic N) is 2. The second kappa shape index (κ2) is 8.31. The first-order valence-electron chi connectivity index (χ1n) is 7.92. The molecule has 2 N–H and O–H groups in total. The highest BCUT2D eigenvalue weighted by molar-refractivity contribution is 6.33. The van der Waals surface area contributed by atoms with Crippen molar-refractivity contribution >= 4 is 29.1 Å². The van der Waals surface area contributed by atoms with E-state index in [1.807, 2.05) is 36.4 Å². The van der Waals surface area contributed by atoms with Crippen LogP contribution in [0.3, 0.4) is 0 Å². The lowest BCUT2D eigenvalue weighted by atomic mass is 10.2. The zero-order valence-electron chi connectivity index (χ0n) is 14.1. The van der Waals surface area contributed by atoms with Crippen LogP contribution in [-0.2, 0) is 6.54 Å². The Morgan fingerprint density at radius 2 is 1.88 bits per heavy atom. The van der Waals surface area contributed by atoms with E-state index in [-0.39, 0.29) is 11.6 Å². The fourth-order valence-electron chi connectivity index (χ4n) is 2.34. The van der Waals surface area contributed by atoms with Crippen LogP contribution in [0.2, 0.25) is 5.02 Å². The number of methoxy groups -OCH3 is 1. The molecule has 1 heterocycles. The number of halogens is 1. The van der Waals surface area contributed by atoms with Gasteiger partial charge in [0, 0.05) is 18.3 Å². The first-order valence-corrected chi connectivity index (χ1v) is 8.30. The van der Waals surface area contributed by atoms with Gasteiger partial charge in [0.25, 0.3) is 5.91 Å². The highest BCUT2D eigenvalue weighted by atomic mass is 35.5. The summed E-state index contributed by atoms with van der Waals surface area (Å²) in [6.07, 6.45) is 1.52. The second-order valence-corrected chi connectivity index (χ2v) is 5.77. The van der Waals surface area contributed by atoms with Gasteiger partial charge in [-0.2, -0.15) is 0 Å². The van der Waals surface area contributed by atoms with Gasteiger partial charge in [0.2, 0.25) is 5.95 Å². The molecule has 0 aliphatic rings. The van der Waals surface area contributed by atoms with Crippen molar-refractivity contribution in [2.45, 2.75) is 6.54 Å². The van der Waals surface area contributed by atoms with Gasteiger partial charge in [-0.15, -0.1) is 0 Å². The van der Waals surface area contributed by atoms with E-state index in [0.717, 1.165) is 11.3 Å². The number of rotatable bonds is 6. The van der Waals surface area contributed by atoms with Gasteiger partial charge in [0.1, 0.15) is 11.4 Å². The Labute approximate surface area is 156 Å². The van der Waals surface area contributed by atoms with Crippen LogP contribution >= 0.6 is 11.6 Å². The molecular weight excluding hydrogens is 352 g/mol. The zero-order chi connectivity index (χ0) is 18.4. The predicted octanol–water partition coefficient (Wildman–Crippen LogP) is 3.81. The molecular formula is C19H17ClN4O2. The number of nitrogens with one attached hydrogen (secondary N) is 2. The molecule has 7 heteroatoms. The molecule has 132 valence electrons. The van der Waals surface area contributed by atoms with E-state index in [9.17, 15) is 4.79 Å². The van der Waals surface area contributed by atoms with Gasteiger partial charge < -0.3 is 15.4 Å². The van der Waals surface area contributed by atoms with Crippen LogP contribution in [-0.4, -0.2) is 23.0 Å². The van der Waals surface area contributed by atoms with Crippen LogP contribution in [0.1, 0.15) is 16.1 Å². The van der Waals surface area contributed by atoms with Gasteiger partial charge in [0.05, 0.1) is 17.8 Å². The van der Waals surface area contributed by atoms with Crippen LogP contribution in [0.25, 0.3) is 0 Å². The molecule has 6 nitrogen and oxygen atoms in total. The molecule has 3 rings (SSSR count). The van der Waals surface area contributed by atoms with Gasteiger partial charge in [-0.1, -0.05) is 41.9 Å². The normalized spacial score (nSPS) is 10.2. The number of para-hydroxylation sites is 2. The topological polar surface area (TPSA) is 76.1 Å². The van der Waals surface area contributed by atoms with Gasteiger partial charge >= 0.3 is 0 Å². The maximum absolute atomic E-state index is 12.4. The maximum atomic E-state index is 12.4. The van der Waals surface area contributed by atoms with Crippen LogP contribution < -0.4 is 15.4 Å². The molecule has 3 aromatic rings. The number of hydrogen-bond donors (Lipinski definition) is 2. The average molecular weight is 369 g/mol.